The van der Waals surface area contributed by atoms with E-state index in [1.54, 1.807) is 19.2 Å². The van der Waals surface area contributed by atoms with Crippen molar-refractivity contribution < 1.29 is 4.92 Å². The second kappa shape index (κ2) is 5.04. The topological polar surface area (TPSA) is 108 Å². The smallest absolute Gasteiger partial charge is 0.314 e. The van der Waals surface area contributed by atoms with Crippen molar-refractivity contribution in [2.45, 2.75) is 19.3 Å². The van der Waals surface area contributed by atoms with Crippen molar-refractivity contribution in [1.29, 1.82) is 0 Å². The Hall–Kier alpha value is -2.64. The van der Waals surface area contributed by atoms with E-state index in [4.69, 9.17) is 0 Å². The summed E-state index contributed by atoms with van der Waals surface area (Å²) >= 11 is 0. The summed E-state index contributed by atoms with van der Waals surface area (Å²) in [4.78, 5) is 28.1. The number of rotatable bonds is 3. The molecule has 0 radical (unpaired) electrons. The fourth-order valence-electron chi connectivity index (χ4n) is 2.77. The van der Waals surface area contributed by atoms with Crippen molar-refractivity contribution >= 4 is 11.5 Å². The number of aromatic amines is 2. The standard InChI is InChI=1S/C13H15N5O3/c1-8-2-4-14-13(12(8)18(20)21)17-5-3-9(7-17)10-6-11(19)16-15-10/h2,4,6,9H,3,5,7H2,1H3,(H2,15,16,19)/t9-/m1/s1. The first-order valence-electron chi connectivity index (χ1n) is 6.69. The van der Waals surface area contributed by atoms with Gasteiger partial charge in [-0.25, -0.2) is 4.98 Å². The molecule has 1 saturated heterocycles. The molecule has 0 amide bonds. The number of hydrogen-bond donors (Lipinski definition) is 2. The Labute approximate surface area is 119 Å². The van der Waals surface area contributed by atoms with Crippen LogP contribution in [-0.4, -0.2) is 33.2 Å². The quantitative estimate of drug-likeness (QED) is 0.654. The van der Waals surface area contributed by atoms with Crippen LogP contribution in [-0.2, 0) is 0 Å². The molecule has 8 heteroatoms. The fraction of sp³-hybridized carbons (Fsp3) is 0.385. The number of aromatic nitrogens is 3. The molecule has 3 heterocycles. The first-order chi connectivity index (χ1) is 10.1. The van der Waals surface area contributed by atoms with E-state index < -0.39 is 0 Å². The Kier molecular flexibility index (Phi) is 3.20. The van der Waals surface area contributed by atoms with E-state index in [-0.39, 0.29) is 22.1 Å². The van der Waals surface area contributed by atoms with Crippen LogP contribution in [0, 0.1) is 17.0 Å². The molecular formula is C13H15N5O3. The van der Waals surface area contributed by atoms with Gasteiger partial charge in [-0.2, -0.15) is 0 Å². The van der Waals surface area contributed by atoms with E-state index in [0.29, 0.717) is 24.5 Å². The molecule has 21 heavy (non-hydrogen) atoms. The molecule has 110 valence electrons. The highest BCUT2D eigenvalue weighted by Crippen LogP contribution is 2.34. The van der Waals surface area contributed by atoms with Crippen molar-refractivity contribution in [2.24, 2.45) is 0 Å². The molecule has 0 aliphatic carbocycles. The second-order valence-electron chi connectivity index (χ2n) is 5.20. The van der Waals surface area contributed by atoms with Crippen molar-refractivity contribution in [3.8, 4) is 0 Å². The summed E-state index contributed by atoms with van der Waals surface area (Å²) in [5.74, 6) is 0.547. The number of H-pyrrole nitrogens is 2. The summed E-state index contributed by atoms with van der Waals surface area (Å²) in [6, 6.07) is 3.17. The van der Waals surface area contributed by atoms with Gasteiger partial charge in [-0.15, -0.1) is 0 Å². The van der Waals surface area contributed by atoms with Gasteiger partial charge in [-0.1, -0.05) is 0 Å². The van der Waals surface area contributed by atoms with E-state index in [1.807, 2.05) is 4.90 Å². The number of hydrogen-bond acceptors (Lipinski definition) is 5. The van der Waals surface area contributed by atoms with E-state index in [1.165, 1.54) is 6.07 Å². The Morgan fingerprint density at radius 1 is 1.48 bits per heavy atom. The van der Waals surface area contributed by atoms with Gasteiger partial charge in [0.1, 0.15) is 0 Å². The van der Waals surface area contributed by atoms with Crippen molar-refractivity contribution in [2.75, 3.05) is 18.0 Å². The zero-order valence-electron chi connectivity index (χ0n) is 11.5. The molecule has 2 aromatic heterocycles. The first-order valence-corrected chi connectivity index (χ1v) is 6.69. The minimum Gasteiger partial charge on any atom is -0.350 e. The molecule has 3 rings (SSSR count). The second-order valence-corrected chi connectivity index (χ2v) is 5.20. The Bertz CT molecular complexity index is 735. The summed E-state index contributed by atoms with van der Waals surface area (Å²) < 4.78 is 0. The molecule has 0 spiro atoms. The summed E-state index contributed by atoms with van der Waals surface area (Å²) in [6.07, 6.45) is 2.41. The van der Waals surface area contributed by atoms with Crippen LogP contribution in [0.2, 0.25) is 0 Å². The molecule has 1 atom stereocenters. The van der Waals surface area contributed by atoms with Gasteiger partial charge in [0.15, 0.2) is 0 Å². The van der Waals surface area contributed by atoms with Crippen LogP contribution in [0.3, 0.4) is 0 Å². The van der Waals surface area contributed by atoms with Crippen LogP contribution in [0.15, 0.2) is 23.1 Å². The number of nitrogens with zero attached hydrogens (tertiary/aromatic N) is 3. The van der Waals surface area contributed by atoms with Gasteiger partial charge in [-0.3, -0.25) is 20.0 Å². The van der Waals surface area contributed by atoms with E-state index >= 15 is 0 Å². The molecular weight excluding hydrogens is 274 g/mol. The van der Waals surface area contributed by atoms with Gasteiger partial charge in [0.25, 0.3) is 5.56 Å². The largest absolute Gasteiger partial charge is 0.350 e. The van der Waals surface area contributed by atoms with E-state index in [0.717, 1.165) is 12.1 Å². The lowest BCUT2D eigenvalue weighted by Crippen LogP contribution is -2.22. The van der Waals surface area contributed by atoms with Crippen LogP contribution in [0.1, 0.15) is 23.6 Å². The molecule has 0 unspecified atom stereocenters. The van der Waals surface area contributed by atoms with Crippen LogP contribution in [0.4, 0.5) is 11.5 Å². The molecule has 0 aromatic carbocycles. The third-order valence-electron chi connectivity index (χ3n) is 3.83. The highest BCUT2D eigenvalue weighted by molar-refractivity contribution is 5.62. The highest BCUT2D eigenvalue weighted by atomic mass is 16.6. The van der Waals surface area contributed by atoms with Gasteiger partial charge < -0.3 is 10.00 Å². The Balaban J connectivity index is 1.88. The third-order valence-corrected chi connectivity index (χ3v) is 3.83. The number of nitrogens with one attached hydrogen (secondary N) is 2. The van der Waals surface area contributed by atoms with Gasteiger partial charge in [0, 0.05) is 42.5 Å². The highest BCUT2D eigenvalue weighted by Gasteiger charge is 2.31. The SMILES string of the molecule is Cc1ccnc(N2CC[C@@H](c3cc(=O)[nH][nH]3)C2)c1[N+](=O)[O-]. The van der Waals surface area contributed by atoms with Gasteiger partial charge >= 0.3 is 5.69 Å². The lowest BCUT2D eigenvalue weighted by molar-refractivity contribution is -0.384. The van der Waals surface area contributed by atoms with Gasteiger partial charge in [-0.05, 0) is 19.4 Å². The maximum atomic E-state index is 11.2. The average Bonchev–Trinajstić information content (AvgIpc) is 3.06. The zero-order valence-corrected chi connectivity index (χ0v) is 11.5. The fourth-order valence-corrected chi connectivity index (χ4v) is 2.77. The normalized spacial score (nSPS) is 18.1. The predicted molar refractivity (Wildman–Crippen MR) is 76.6 cm³/mol. The predicted octanol–water partition coefficient (Wildman–Crippen LogP) is 1.31. The first kappa shape index (κ1) is 13.3. The van der Waals surface area contributed by atoms with E-state index in [9.17, 15) is 14.9 Å². The molecule has 2 N–H and O–H groups in total. The summed E-state index contributed by atoms with van der Waals surface area (Å²) in [6.45, 7) is 2.99. The minimum atomic E-state index is -0.386. The molecule has 0 saturated carbocycles. The minimum absolute atomic E-state index is 0.0562. The monoisotopic (exact) mass is 289 g/mol. The maximum absolute atomic E-state index is 11.2. The molecule has 2 aromatic rings. The van der Waals surface area contributed by atoms with Crippen LogP contribution in [0.5, 0.6) is 0 Å². The average molecular weight is 289 g/mol. The molecule has 1 aliphatic heterocycles. The van der Waals surface area contributed by atoms with Crippen molar-refractivity contribution in [3.63, 3.8) is 0 Å². The molecule has 1 aliphatic rings. The summed E-state index contributed by atoms with van der Waals surface area (Å²) in [7, 11) is 0. The number of anilines is 1. The lowest BCUT2D eigenvalue weighted by atomic mass is 10.1. The number of pyridine rings is 1. The molecule has 1 fully saturated rings. The van der Waals surface area contributed by atoms with Crippen molar-refractivity contribution in [1.82, 2.24) is 15.2 Å². The van der Waals surface area contributed by atoms with Crippen LogP contribution < -0.4 is 10.5 Å². The summed E-state index contributed by atoms with van der Waals surface area (Å²) in [5.41, 5.74) is 1.32. The number of nitro groups is 1. The Morgan fingerprint density at radius 3 is 2.95 bits per heavy atom. The lowest BCUT2D eigenvalue weighted by Gasteiger charge is -2.17. The van der Waals surface area contributed by atoms with Gasteiger partial charge in [0.05, 0.1) is 4.92 Å². The van der Waals surface area contributed by atoms with Crippen molar-refractivity contribution in [3.05, 3.63) is 50.1 Å². The third kappa shape index (κ3) is 2.39. The van der Waals surface area contributed by atoms with E-state index in [2.05, 4.69) is 15.2 Å². The molecule has 8 nitrogen and oxygen atoms in total. The van der Waals surface area contributed by atoms with Crippen LogP contribution >= 0.6 is 0 Å². The zero-order chi connectivity index (χ0) is 15.0. The van der Waals surface area contributed by atoms with Crippen LogP contribution in [0.25, 0.3) is 0 Å². The number of aryl methyl sites for hydroxylation is 1. The molecule has 0 bridgehead atoms. The summed E-state index contributed by atoms with van der Waals surface area (Å²) in [5, 5.41) is 16.6. The Morgan fingerprint density at radius 2 is 2.29 bits per heavy atom. The van der Waals surface area contributed by atoms with Gasteiger partial charge in [0.2, 0.25) is 5.82 Å². The maximum Gasteiger partial charge on any atom is 0.314 e.